The molecule has 9 nitrogen and oxygen atoms in total. The van der Waals surface area contributed by atoms with Gasteiger partial charge in [0.1, 0.15) is 18.3 Å². The van der Waals surface area contributed by atoms with Crippen molar-refractivity contribution >= 4 is 5.97 Å². The lowest BCUT2D eigenvalue weighted by atomic mass is 9.33. The van der Waals surface area contributed by atoms with Crippen molar-refractivity contribution in [3.8, 4) is 0 Å². The van der Waals surface area contributed by atoms with Gasteiger partial charge in [0.2, 0.25) is 6.29 Å². The van der Waals surface area contributed by atoms with Gasteiger partial charge in [-0.3, -0.25) is 4.79 Å². The second-order valence-electron chi connectivity index (χ2n) is 17.6. The molecular formula is C37H60O9. The van der Waals surface area contributed by atoms with E-state index in [2.05, 4.69) is 40.7 Å². The van der Waals surface area contributed by atoms with E-state index >= 15 is 0 Å². The van der Waals surface area contributed by atoms with Crippen LogP contribution in [-0.2, 0) is 14.3 Å². The molecule has 1 aliphatic heterocycles. The molecule has 1 saturated heterocycles. The van der Waals surface area contributed by atoms with Gasteiger partial charge in [-0.1, -0.05) is 53.2 Å². The zero-order chi connectivity index (χ0) is 33.8. The monoisotopic (exact) mass is 648 g/mol. The van der Waals surface area contributed by atoms with Crippen molar-refractivity contribution in [2.24, 2.45) is 50.7 Å². The minimum absolute atomic E-state index is 0.0297. The summed E-state index contributed by atoms with van der Waals surface area (Å²) in [5.41, 5.74) is -2.10. The van der Waals surface area contributed by atoms with Crippen LogP contribution in [0.2, 0.25) is 0 Å². The molecule has 1 heterocycles. The predicted molar refractivity (Wildman–Crippen MR) is 171 cm³/mol. The molecule has 262 valence electrons. The zero-order valence-corrected chi connectivity index (χ0v) is 29.0. The van der Waals surface area contributed by atoms with Crippen molar-refractivity contribution in [3.63, 3.8) is 0 Å². The highest BCUT2D eigenvalue weighted by atomic mass is 16.7. The maximum absolute atomic E-state index is 14.5. The quantitative estimate of drug-likeness (QED) is 0.197. The average molecular weight is 649 g/mol. The number of ether oxygens (including phenoxy) is 2. The second kappa shape index (κ2) is 11.2. The van der Waals surface area contributed by atoms with E-state index in [1.807, 2.05) is 6.92 Å². The van der Waals surface area contributed by atoms with E-state index < -0.39 is 65.1 Å². The molecule has 4 saturated carbocycles. The SMILES string of the molecule is CC[C@H]1O[C@@H](OC(=O)[C@]23CC[C@@H](C)[C@@](C)(O)[C@H]2C2=CC[C@@H]4[C@@]5(C)CC[C@H](O)[C@@](C)(CO)C5CC[C@@]4(C)[C@]2(C)CC3)[C@H](O)[C@@H](O)[C@@H]1O. The first-order chi connectivity index (χ1) is 21.4. The van der Waals surface area contributed by atoms with Gasteiger partial charge in [-0.25, -0.2) is 0 Å². The molecule has 1 unspecified atom stereocenters. The lowest BCUT2D eigenvalue weighted by Gasteiger charge is -2.72. The molecule has 0 bridgehead atoms. The first-order valence-corrected chi connectivity index (χ1v) is 18.0. The van der Waals surface area contributed by atoms with Crippen LogP contribution in [0.5, 0.6) is 0 Å². The first-order valence-electron chi connectivity index (χ1n) is 18.0. The Balaban J connectivity index is 1.39. The topological polar surface area (TPSA) is 157 Å². The molecule has 0 aromatic carbocycles. The molecule has 6 aliphatic rings. The summed E-state index contributed by atoms with van der Waals surface area (Å²) in [6.07, 6.45) is 2.32. The second-order valence-corrected chi connectivity index (χ2v) is 17.6. The van der Waals surface area contributed by atoms with Crippen LogP contribution in [0.1, 0.15) is 113 Å². The normalized spacial score (nSPS) is 56.8. The van der Waals surface area contributed by atoms with Crippen LogP contribution in [0.3, 0.4) is 0 Å². The molecule has 0 aromatic rings. The van der Waals surface area contributed by atoms with Gasteiger partial charge >= 0.3 is 5.97 Å². The Kier molecular flexibility index (Phi) is 8.49. The lowest BCUT2D eigenvalue weighted by molar-refractivity contribution is -0.295. The van der Waals surface area contributed by atoms with Crippen LogP contribution >= 0.6 is 0 Å². The van der Waals surface area contributed by atoms with Gasteiger partial charge in [0.15, 0.2) is 0 Å². The summed E-state index contributed by atoms with van der Waals surface area (Å²) in [7, 11) is 0. The number of fused-ring (bicyclic) bond motifs is 7. The Morgan fingerprint density at radius 2 is 1.61 bits per heavy atom. The van der Waals surface area contributed by atoms with E-state index in [0.717, 1.165) is 37.7 Å². The summed E-state index contributed by atoms with van der Waals surface area (Å²) in [6, 6.07) is 0. The van der Waals surface area contributed by atoms with Gasteiger partial charge in [0.05, 0.1) is 29.8 Å². The summed E-state index contributed by atoms with van der Waals surface area (Å²) in [5.74, 6) is -0.543. The number of esters is 1. The Hall–Kier alpha value is -1.07. The van der Waals surface area contributed by atoms with Crippen molar-refractivity contribution in [1.29, 1.82) is 0 Å². The fraction of sp³-hybridized carbons (Fsp3) is 0.919. The van der Waals surface area contributed by atoms with Crippen molar-refractivity contribution in [3.05, 3.63) is 11.6 Å². The molecule has 9 heteroatoms. The minimum atomic E-state index is -1.59. The largest absolute Gasteiger partial charge is 0.432 e. The summed E-state index contributed by atoms with van der Waals surface area (Å²) >= 11 is 0. The molecule has 6 N–H and O–H groups in total. The van der Waals surface area contributed by atoms with Crippen LogP contribution < -0.4 is 0 Å². The summed E-state index contributed by atoms with van der Waals surface area (Å²) in [4.78, 5) is 14.5. The van der Waals surface area contributed by atoms with E-state index in [1.54, 1.807) is 6.92 Å². The predicted octanol–water partition coefficient (Wildman–Crippen LogP) is 3.85. The molecule has 0 aromatic heterocycles. The number of hydrogen-bond donors (Lipinski definition) is 6. The third kappa shape index (κ3) is 4.40. The third-order valence-corrected chi connectivity index (χ3v) is 15.9. The Bertz CT molecular complexity index is 1230. The number of hydrogen-bond acceptors (Lipinski definition) is 9. The van der Waals surface area contributed by atoms with E-state index in [0.29, 0.717) is 38.0 Å². The van der Waals surface area contributed by atoms with E-state index in [-0.39, 0.29) is 34.7 Å². The smallest absolute Gasteiger partial charge is 0.315 e. The summed E-state index contributed by atoms with van der Waals surface area (Å²) < 4.78 is 11.8. The highest BCUT2D eigenvalue weighted by Gasteiger charge is 2.72. The molecule has 46 heavy (non-hydrogen) atoms. The number of aliphatic hydroxyl groups is 6. The Labute approximate surface area is 274 Å². The van der Waals surface area contributed by atoms with Gasteiger partial charge in [-0.2, -0.15) is 0 Å². The van der Waals surface area contributed by atoms with Gasteiger partial charge in [-0.05, 0) is 105 Å². The van der Waals surface area contributed by atoms with Crippen molar-refractivity contribution < 1.29 is 44.9 Å². The maximum atomic E-state index is 14.5. The maximum Gasteiger partial charge on any atom is 0.315 e. The lowest BCUT2D eigenvalue weighted by Crippen LogP contribution is -2.68. The number of carbonyl (C=O) groups excluding carboxylic acids is 1. The first kappa shape index (κ1) is 34.8. The van der Waals surface area contributed by atoms with Crippen molar-refractivity contribution in [1.82, 2.24) is 0 Å². The Morgan fingerprint density at radius 3 is 2.26 bits per heavy atom. The van der Waals surface area contributed by atoms with E-state index in [9.17, 15) is 35.4 Å². The molecule has 6 rings (SSSR count). The van der Waals surface area contributed by atoms with Crippen molar-refractivity contribution in [2.45, 2.75) is 155 Å². The number of rotatable bonds is 4. The minimum Gasteiger partial charge on any atom is -0.432 e. The zero-order valence-electron chi connectivity index (χ0n) is 29.0. The van der Waals surface area contributed by atoms with Crippen molar-refractivity contribution in [2.75, 3.05) is 6.61 Å². The molecule has 5 fully saturated rings. The van der Waals surface area contributed by atoms with Crippen LogP contribution in [0.25, 0.3) is 0 Å². The third-order valence-electron chi connectivity index (χ3n) is 15.9. The molecule has 16 atom stereocenters. The van der Waals surface area contributed by atoms with Crippen LogP contribution in [0, 0.1) is 50.7 Å². The van der Waals surface area contributed by atoms with E-state index in [4.69, 9.17) is 9.47 Å². The average Bonchev–Trinajstić information content (AvgIpc) is 3.01. The molecule has 0 radical (unpaired) electrons. The van der Waals surface area contributed by atoms with Crippen LogP contribution in [-0.4, -0.2) is 85.6 Å². The summed E-state index contributed by atoms with van der Waals surface area (Å²) in [5, 5.41) is 65.7. The highest BCUT2D eigenvalue weighted by Crippen LogP contribution is 2.76. The highest BCUT2D eigenvalue weighted by molar-refractivity contribution is 5.79. The standard InChI is InChI=1S/C37H60O9/c1-8-22-26(40)27(41)28(42)30(45-22)46-31(43)37-16-11-20(2)36(7,44)29(37)21-9-10-24-32(3)14-13-25(39)33(4,19-38)23(32)12-15-35(24,6)34(21,5)17-18-37/h9,20,22-30,38-42,44H,8,10-19H2,1-7H3/t20-,22-,23?,24-,25+,26-,27+,28-,29-,30+,32+,33+,34-,35-,36-,37+/m1/s1. The molecule has 0 spiro atoms. The van der Waals surface area contributed by atoms with Gasteiger partial charge < -0.3 is 40.1 Å². The van der Waals surface area contributed by atoms with Gasteiger partial charge in [0.25, 0.3) is 0 Å². The number of aliphatic hydroxyl groups excluding tert-OH is 5. The molecule has 5 aliphatic carbocycles. The summed E-state index contributed by atoms with van der Waals surface area (Å²) in [6.45, 7) is 14.9. The van der Waals surface area contributed by atoms with Crippen LogP contribution in [0.4, 0.5) is 0 Å². The fourth-order valence-corrected chi connectivity index (χ4v) is 12.4. The van der Waals surface area contributed by atoms with Crippen LogP contribution in [0.15, 0.2) is 11.6 Å². The molecular weight excluding hydrogens is 588 g/mol. The molecule has 0 amide bonds. The van der Waals surface area contributed by atoms with Gasteiger partial charge in [0, 0.05) is 11.3 Å². The van der Waals surface area contributed by atoms with Gasteiger partial charge in [-0.15, -0.1) is 0 Å². The number of allylic oxidation sites excluding steroid dienone is 1. The van der Waals surface area contributed by atoms with E-state index in [1.165, 1.54) is 0 Å². The fourth-order valence-electron chi connectivity index (χ4n) is 12.4. The number of carbonyl (C=O) groups is 1. The Morgan fingerprint density at radius 1 is 0.913 bits per heavy atom.